The van der Waals surface area contributed by atoms with Gasteiger partial charge in [0.25, 0.3) is 0 Å². The molecular weight excluding hydrogens is 262 g/mol. The van der Waals surface area contributed by atoms with E-state index in [4.69, 9.17) is 0 Å². The smallest absolute Gasteiger partial charge is 0.230 e. The van der Waals surface area contributed by atoms with E-state index in [1.165, 1.54) is 17.3 Å². The van der Waals surface area contributed by atoms with Crippen LogP contribution in [-0.4, -0.2) is 31.9 Å². The number of carbonyl (C=O) groups excluding carboxylic acids is 1. The van der Waals surface area contributed by atoms with Crippen LogP contribution in [0.3, 0.4) is 0 Å². The Hall–Kier alpha value is -1.89. The molecule has 1 N–H and O–H groups in total. The molecule has 0 radical (unpaired) electrons. The van der Waals surface area contributed by atoms with Crippen molar-refractivity contribution in [3.63, 3.8) is 0 Å². The minimum atomic E-state index is -0.0312. The molecule has 2 rings (SSSR count). The van der Waals surface area contributed by atoms with E-state index in [1.807, 2.05) is 31.2 Å². The Morgan fingerprint density at radius 3 is 2.89 bits per heavy atom. The van der Waals surface area contributed by atoms with Gasteiger partial charge in [0.05, 0.1) is 5.75 Å². The molecule has 1 heterocycles. The fourth-order valence-corrected chi connectivity index (χ4v) is 2.21. The van der Waals surface area contributed by atoms with Crippen molar-refractivity contribution in [2.45, 2.75) is 18.6 Å². The molecule has 0 aliphatic rings. The fourth-order valence-electron chi connectivity index (χ4n) is 1.53. The number of benzene rings is 1. The lowest BCUT2D eigenvalue weighted by Gasteiger charge is -2.07. The minimum absolute atomic E-state index is 0.0312. The van der Waals surface area contributed by atoms with Crippen LogP contribution in [0.5, 0.6) is 0 Å². The predicted molar refractivity (Wildman–Crippen MR) is 72.5 cm³/mol. The van der Waals surface area contributed by atoms with Gasteiger partial charge >= 0.3 is 0 Å². The number of aromatic nitrogens is 4. The number of hydrogen-bond donors (Lipinski definition) is 1. The third-order valence-electron chi connectivity index (χ3n) is 2.65. The summed E-state index contributed by atoms with van der Waals surface area (Å²) in [6.45, 7) is 2.57. The van der Waals surface area contributed by atoms with Gasteiger partial charge in [0.15, 0.2) is 0 Å². The number of carbonyl (C=O) groups is 1. The number of hydrogen-bond acceptors (Lipinski definition) is 5. The van der Waals surface area contributed by atoms with E-state index in [2.05, 4.69) is 20.8 Å². The van der Waals surface area contributed by atoms with Gasteiger partial charge in [0, 0.05) is 13.6 Å². The first-order valence-electron chi connectivity index (χ1n) is 5.83. The molecule has 7 heteroatoms. The first-order chi connectivity index (χ1) is 9.16. The first-order valence-corrected chi connectivity index (χ1v) is 6.81. The molecule has 1 aromatic carbocycles. The zero-order chi connectivity index (χ0) is 13.7. The summed E-state index contributed by atoms with van der Waals surface area (Å²) in [6, 6.07) is 7.99. The Kier molecular flexibility index (Phi) is 4.51. The molecule has 0 spiro atoms. The Bertz CT molecular complexity index is 569. The molecule has 6 nitrogen and oxygen atoms in total. The zero-order valence-electron chi connectivity index (χ0n) is 10.8. The second-order valence-corrected chi connectivity index (χ2v) is 5.02. The van der Waals surface area contributed by atoms with Gasteiger partial charge in [-0.05, 0) is 28.5 Å². The molecule has 0 unspecified atom stereocenters. The molecule has 1 amide bonds. The van der Waals surface area contributed by atoms with Crippen molar-refractivity contribution in [2.24, 2.45) is 7.05 Å². The van der Waals surface area contributed by atoms with Gasteiger partial charge in [-0.1, -0.05) is 36.0 Å². The normalized spacial score (nSPS) is 10.4. The highest BCUT2D eigenvalue weighted by molar-refractivity contribution is 7.99. The van der Waals surface area contributed by atoms with Crippen LogP contribution in [0, 0.1) is 6.92 Å². The van der Waals surface area contributed by atoms with Gasteiger partial charge in [-0.15, -0.1) is 5.10 Å². The van der Waals surface area contributed by atoms with Gasteiger partial charge in [-0.2, -0.15) is 0 Å². The second kappa shape index (κ2) is 6.33. The maximum absolute atomic E-state index is 11.7. The summed E-state index contributed by atoms with van der Waals surface area (Å²) in [4.78, 5) is 11.7. The number of thioether (sulfide) groups is 1. The van der Waals surface area contributed by atoms with E-state index < -0.39 is 0 Å². The monoisotopic (exact) mass is 277 g/mol. The van der Waals surface area contributed by atoms with Gasteiger partial charge < -0.3 is 5.32 Å². The maximum atomic E-state index is 11.7. The highest BCUT2D eigenvalue weighted by Gasteiger charge is 2.07. The van der Waals surface area contributed by atoms with Gasteiger partial charge in [-0.3, -0.25) is 4.79 Å². The van der Waals surface area contributed by atoms with Gasteiger partial charge in [0.2, 0.25) is 11.1 Å². The number of nitrogens with one attached hydrogen (secondary N) is 1. The Morgan fingerprint density at radius 1 is 1.42 bits per heavy atom. The molecule has 19 heavy (non-hydrogen) atoms. The summed E-state index contributed by atoms with van der Waals surface area (Å²) >= 11 is 1.32. The average molecular weight is 277 g/mol. The van der Waals surface area contributed by atoms with Crippen LogP contribution in [0.4, 0.5) is 0 Å². The summed E-state index contributed by atoms with van der Waals surface area (Å²) in [5.41, 5.74) is 2.30. The molecule has 0 aliphatic heterocycles. The molecule has 0 fully saturated rings. The lowest BCUT2D eigenvalue weighted by atomic mass is 10.1. The Labute approximate surface area is 115 Å². The minimum Gasteiger partial charge on any atom is -0.351 e. The largest absolute Gasteiger partial charge is 0.351 e. The standard InChI is InChI=1S/C12H15N5OS/c1-9-5-3-4-6-10(9)7-13-11(18)8-19-12-14-15-16-17(12)2/h3-6H,7-8H2,1-2H3,(H,13,18). The second-order valence-electron chi connectivity index (χ2n) is 4.08. The molecule has 0 saturated heterocycles. The van der Waals surface area contributed by atoms with Crippen LogP contribution in [0.1, 0.15) is 11.1 Å². The van der Waals surface area contributed by atoms with E-state index in [-0.39, 0.29) is 5.91 Å². The summed E-state index contributed by atoms with van der Waals surface area (Å²) in [7, 11) is 1.74. The maximum Gasteiger partial charge on any atom is 0.230 e. The molecule has 0 aliphatic carbocycles. The fraction of sp³-hybridized carbons (Fsp3) is 0.333. The first kappa shape index (κ1) is 13.5. The highest BCUT2D eigenvalue weighted by Crippen LogP contribution is 2.11. The molecular formula is C12H15N5OS. The van der Waals surface area contributed by atoms with Crippen molar-refractivity contribution >= 4 is 17.7 Å². The molecule has 0 atom stereocenters. The molecule has 0 bridgehead atoms. The number of tetrazole rings is 1. The lowest BCUT2D eigenvalue weighted by molar-refractivity contribution is -0.118. The van der Waals surface area contributed by atoms with Crippen molar-refractivity contribution < 1.29 is 4.79 Å². The van der Waals surface area contributed by atoms with Crippen LogP contribution in [-0.2, 0) is 18.4 Å². The third kappa shape index (κ3) is 3.78. The van der Waals surface area contributed by atoms with E-state index in [1.54, 1.807) is 11.7 Å². The molecule has 1 aromatic heterocycles. The SMILES string of the molecule is Cc1ccccc1CNC(=O)CSc1nnnn1C. The highest BCUT2D eigenvalue weighted by atomic mass is 32.2. The summed E-state index contributed by atoms with van der Waals surface area (Å²) in [6.07, 6.45) is 0. The quantitative estimate of drug-likeness (QED) is 0.823. The Morgan fingerprint density at radius 2 is 2.21 bits per heavy atom. The number of amides is 1. The summed E-state index contributed by atoms with van der Waals surface area (Å²) < 4.78 is 1.54. The van der Waals surface area contributed by atoms with Gasteiger partial charge in [-0.25, -0.2) is 4.68 Å². The average Bonchev–Trinajstić information content (AvgIpc) is 2.81. The zero-order valence-corrected chi connectivity index (χ0v) is 11.6. The van der Waals surface area contributed by atoms with E-state index >= 15 is 0 Å². The van der Waals surface area contributed by atoms with Crippen LogP contribution in [0.2, 0.25) is 0 Å². The lowest BCUT2D eigenvalue weighted by Crippen LogP contribution is -2.25. The van der Waals surface area contributed by atoms with Crippen molar-refractivity contribution in [1.82, 2.24) is 25.5 Å². The van der Waals surface area contributed by atoms with Gasteiger partial charge in [0.1, 0.15) is 0 Å². The summed E-state index contributed by atoms with van der Waals surface area (Å²) in [5.74, 6) is 0.274. The van der Waals surface area contributed by atoms with Crippen LogP contribution < -0.4 is 5.32 Å². The number of aryl methyl sites for hydroxylation is 2. The Balaban J connectivity index is 1.79. The van der Waals surface area contributed by atoms with Crippen molar-refractivity contribution in [1.29, 1.82) is 0 Å². The predicted octanol–water partition coefficient (Wildman–Crippen LogP) is 0.927. The number of nitrogens with zero attached hydrogens (tertiary/aromatic N) is 4. The topological polar surface area (TPSA) is 72.7 Å². The van der Waals surface area contributed by atoms with Crippen LogP contribution in [0.15, 0.2) is 29.4 Å². The van der Waals surface area contributed by atoms with Crippen molar-refractivity contribution in [3.8, 4) is 0 Å². The van der Waals surface area contributed by atoms with Crippen LogP contribution >= 0.6 is 11.8 Å². The van der Waals surface area contributed by atoms with Crippen LogP contribution in [0.25, 0.3) is 0 Å². The van der Waals surface area contributed by atoms with E-state index in [0.717, 1.165) is 5.56 Å². The molecule has 0 saturated carbocycles. The van der Waals surface area contributed by atoms with E-state index in [0.29, 0.717) is 17.5 Å². The van der Waals surface area contributed by atoms with Crippen molar-refractivity contribution in [2.75, 3.05) is 5.75 Å². The number of rotatable bonds is 5. The molecule has 2 aromatic rings. The summed E-state index contributed by atoms with van der Waals surface area (Å²) in [5, 5.41) is 14.5. The van der Waals surface area contributed by atoms with Crippen molar-refractivity contribution in [3.05, 3.63) is 35.4 Å². The van der Waals surface area contributed by atoms with E-state index in [9.17, 15) is 4.79 Å². The molecule has 100 valence electrons. The third-order valence-corrected chi connectivity index (χ3v) is 3.66.